The van der Waals surface area contributed by atoms with E-state index in [0.29, 0.717) is 22.7 Å². The summed E-state index contributed by atoms with van der Waals surface area (Å²) in [7, 11) is 1.63. The van der Waals surface area contributed by atoms with Crippen LogP contribution in [-0.2, 0) is 11.3 Å². The van der Waals surface area contributed by atoms with Gasteiger partial charge in [-0.1, -0.05) is 18.2 Å². The van der Waals surface area contributed by atoms with E-state index in [2.05, 4.69) is 10.3 Å². The van der Waals surface area contributed by atoms with Crippen molar-refractivity contribution in [3.63, 3.8) is 0 Å². The highest BCUT2D eigenvalue weighted by molar-refractivity contribution is 7.21. The number of fused-ring (bicyclic) bond motifs is 7. The van der Waals surface area contributed by atoms with Crippen LogP contribution >= 0.6 is 11.3 Å². The Morgan fingerprint density at radius 1 is 1.31 bits per heavy atom. The van der Waals surface area contributed by atoms with Crippen LogP contribution in [0.3, 0.4) is 0 Å². The van der Waals surface area contributed by atoms with E-state index in [1.165, 1.54) is 11.3 Å². The van der Waals surface area contributed by atoms with E-state index >= 15 is 0 Å². The Kier molecular flexibility index (Phi) is 3.19. The third-order valence-corrected chi connectivity index (χ3v) is 5.90. The summed E-state index contributed by atoms with van der Waals surface area (Å²) in [5.41, 5.74) is 3.89. The number of carbonyl (C=O) groups is 2. The number of methoxy groups -OCH3 is 1. The molecule has 2 aliphatic heterocycles. The van der Waals surface area contributed by atoms with Gasteiger partial charge in [0.05, 0.1) is 12.3 Å². The van der Waals surface area contributed by atoms with Crippen LogP contribution in [0.2, 0.25) is 0 Å². The molecule has 1 N–H and O–H groups in total. The molecule has 130 valence electrons. The number of nitrogens with zero attached hydrogens (tertiary/aromatic N) is 2. The van der Waals surface area contributed by atoms with E-state index < -0.39 is 6.17 Å². The SMILES string of the molecule is COCc1cc(C)nc2sc3c(c12)N1C(=O)c2ccccc2[C@@H]1NC3=O. The van der Waals surface area contributed by atoms with Gasteiger partial charge >= 0.3 is 0 Å². The smallest absolute Gasteiger partial charge is 0.265 e. The fourth-order valence-corrected chi connectivity index (χ4v) is 4.99. The highest BCUT2D eigenvalue weighted by Crippen LogP contribution is 2.48. The van der Waals surface area contributed by atoms with Crippen molar-refractivity contribution in [3.8, 4) is 0 Å². The van der Waals surface area contributed by atoms with Crippen molar-refractivity contribution < 1.29 is 14.3 Å². The molecule has 6 nitrogen and oxygen atoms in total. The molecule has 1 aromatic carbocycles. The molecule has 2 aliphatic rings. The van der Waals surface area contributed by atoms with Crippen molar-refractivity contribution in [2.75, 3.05) is 12.0 Å². The summed E-state index contributed by atoms with van der Waals surface area (Å²) >= 11 is 1.32. The standard InChI is InChI=1S/C19H15N3O3S/c1-9-7-10(8-25-2)13-14-15(26-18(13)20-9)17(23)21-16-11-5-3-4-6-12(11)19(24)22(14)16/h3-7,16H,8H2,1-2H3,(H,21,23)/t16-/m1/s1. The van der Waals surface area contributed by atoms with Gasteiger partial charge in [0.25, 0.3) is 11.8 Å². The number of rotatable bonds is 2. The van der Waals surface area contributed by atoms with Gasteiger partial charge in [-0.2, -0.15) is 0 Å². The zero-order chi connectivity index (χ0) is 18.0. The largest absolute Gasteiger partial charge is 0.380 e. The van der Waals surface area contributed by atoms with Gasteiger partial charge in [-0.3, -0.25) is 14.5 Å². The van der Waals surface area contributed by atoms with Crippen LogP contribution in [0.1, 0.15) is 43.0 Å². The first kappa shape index (κ1) is 15.5. The second kappa shape index (κ2) is 5.36. The third-order valence-electron chi connectivity index (χ3n) is 4.82. The average molecular weight is 365 g/mol. The summed E-state index contributed by atoms with van der Waals surface area (Å²) in [4.78, 5) is 33.4. The van der Waals surface area contributed by atoms with Crippen molar-refractivity contribution in [2.45, 2.75) is 19.7 Å². The van der Waals surface area contributed by atoms with E-state index in [1.54, 1.807) is 18.1 Å². The van der Waals surface area contributed by atoms with Crippen molar-refractivity contribution in [2.24, 2.45) is 0 Å². The molecular weight excluding hydrogens is 350 g/mol. The minimum Gasteiger partial charge on any atom is -0.380 e. The minimum atomic E-state index is -0.479. The van der Waals surface area contributed by atoms with E-state index in [9.17, 15) is 9.59 Å². The first-order chi connectivity index (χ1) is 12.6. The fourth-order valence-electron chi connectivity index (χ4n) is 3.83. The molecule has 0 radical (unpaired) electrons. The van der Waals surface area contributed by atoms with Gasteiger partial charge in [0.2, 0.25) is 0 Å². The molecular formula is C19H15N3O3S. The van der Waals surface area contributed by atoms with Gasteiger partial charge in [-0.15, -0.1) is 11.3 Å². The summed E-state index contributed by atoms with van der Waals surface area (Å²) in [6.45, 7) is 2.31. The zero-order valence-electron chi connectivity index (χ0n) is 14.2. The molecule has 1 atom stereocenters. The van der Waals surface area contributed by atoms with Gasteiger partial charge in [-0.25, -0.2) is 4.98 Å². The summed E-state index contributed by atoms with van der Waals surface area (Å²) in [6, 6.07) is 9.36. The monoisotopic (exact) mass is 365 g/mol. The Morgan fingerprint density at radius 3 is 2.92 bits per heavy atom. The number of ether oxygens (including phenoxy) is 1. The zero-order valence-corrected chi connectivity index (χ0v) is 15.0. The van der Waals surface area contributed by atoms with Gasteiger partial charge in [0.15, 0.2) is 0 Å². The summed E-state index contributed by atoms with van der Waals surface area (Å²) in [5.74, 6) is -0.273. The lowest BCUT2D eigenvalue weighted by Gasteiger charge is -2.31. The Bertz CT molecular complexity index is 1100. The highest BCUT2D eigenvalue weighted by Gasteiger charge is 2.45. The van der Waals surface area contributed by atoms with Crippen LogP contribution in [0.25, 0.3) is 10.2 Å². The molecule has 2 amide bonds. The maximum absolute atomic E-state index is 13.1. The van der Waals surface area contributed by atoms with Crippen LogP contribution in [0, 0.1) is 6.92 Å². The summed E-state index contributed by atoms with van der Waals surface area (Å²) in [5, 5.41) is 3.80. The van der Waals surface area contributed by atoms with Crippen LogP contribution in [-0.4, -0.2) is 23.9 Å². The topological polar surface area (TPSA) is 71.5 Å². The number of nitrogens with one attached hydrogen (secondary N) is 1. The Hall–Kier alpha value is -2.77. The maximum atomic E-state index is 13.1. The Balaban J connectivity index is 1.83. The van der Waals surface area contributed by atoms with Crippen LogP contribution < -0.4 is 10.2 Å². The molecule has 4 heterocycles. The second-order valence-corrected chi connectivity index (χ2v) is 7.45. The molecule has 0 spiro atoms. The second-order valence-electron chi connectivity index (χ2n) is 6.45. The number of hydrogen-bond donors (Lipinski definition) is 1. The molecule has 0 unspecified atom stereocenters. The molecule has 3 aromatic rings. The highest BCUT2D eigenvalue weighted by atomic mass is 32.1. The molecule has 26 heavy (non-hydrogen) atoms. The maximum Gasteiger partial charge on any atom is 0.265 e. The van der Waals surface area contributed by atoms with Gasteiger partial charge in [0.1, 0.15) is 15.9 Å². The fraction of sp³-hybridized carbons (Fsp3) is 0.211. The number of benzene rings is 1. The molecule has 0 saturated carbocycles. The summed E-state index contributed by atoms with van der Waals surface area (Å²) in [6.07, 6.45) is -0.479. The number of amides is 2. The summed E-state index contributed by atoms with van der Waals surface area (Å²) < 4.78 is 5.35. The van der Waals surface area contributed by atoms with E-state index in [4.69, 9.17) is 4.74 Å². The molecule has 0 saturated heterocycles. The van der Waals surface area contributed by atoms with Gasteiger partial charge < -0.3 is 10.1 Å². The number of pyridine rings is 1. The number of aryl methyl sites for hydroxylation is 1. The van der Waals surface area contributed by atoms with E-state index in [-0.39, 0.29) is 11.8 Å². The predicted octanol–water partition coefficient (Wildman–Crippen LogP) is 3.15. The van der Waals surface area contributed by atoms with Crippen molar-refractivity contribution in [3.05, 3.63) is 57.6 Å². The lowest BCUT2D eigenvalue weighted by molar-refractivity contribution is 0.0916. The number of carbonyl (C=O) groups excluding carboxylic acids is 2. The molecule has 5 rings (SSSR count). The molecule has 7 heteroatoms. The molecule has 0 aliphatic carbocycles. The predicted molar refractivity (Wildman–Crippen MR) is 98.5 cm³/mol. The number of hydrogen-bond acceptors (Lipinski definition) is 5. The van der Waals surface area contributed by atoms with Crippen LogP contribution in [0.5, 0.6) is 0 Å². The van der Waals surface area contributed by atoms with Crippen LogP contribution in [0.15, 0.2) is 30.3 Å². The van der Waals surface area contributed by atoms with E-state index in [0.717, 1.165) is 27.0 Å². The van der Waals surface area contributed by atoms with Crippen molar-refractivity contribution in [1.82, 2.24) is 10.3 Å². The minimum absolute atomic E-state index is 0.101. The third kappa shape index (κ3) is 1.92. The van der Waals surface area contributed by atoms with Crippen LogP contribution in [0.4, 0.5) is 5.69 Å². The Labute approximate surface area is 153 Å². The van der Waals surface area contributed by atoms with Gasteiger partial charge in [0, 0.05) is 29.3 Å². The van der Waals surface area contributed by atoms with Crippen molar-refractivity contribution in [1.29, 1.82) is 0 Å². The normalized spacial score (nSPS) is 17.9. The number of aromatic nitrogens is 1. The Morgan fingerprint density at radius 2 is 2.12 bits per heavy atom. The number of thiophene rings is 1. The molecule has 2 aromatic heterocycles. The first-order valence-corrected chi connectivity index (χ1v) is 9.07. The molecule has 0 fully saturated rings. The lowest BCUT2D eigenvalue weighted by Crippen LogP contribution is -2.44. The van der Waals surface area contributed by atoms with Gasteiger partial charge in [-0.05, 0) is 24.6 Å². The molecule has 0 bridgehead atoms. The van der Waals surface area contributed by atoms with E-state index in [1.807, 2.05) is 31.2 Å². The number of anilines is 1. The first-order valence-electron chi connectivity index (χ1n) is 8.25. The quantitative estimate of drug-likeness (QED) is 0.757. The average Bonchev–Trinajstić information content (AvgIpc) is 3.13. The van der Waals surface area contributed by atoms with Crippen molar-refractivity contribution >= 4 is 39.1 Å². The lowest BCUT2D eigenvalue weighted by atomic mass is 10.1.